The second-order valence-corrected chi connectivity index (χ2v) is 3.84. The predicted molar refractivity (Wildman–Crippen MR) is 62.1 cm³/mol. The van der Waals surface area contributed by atoms with Crippen LogP contribution in [0.15, 0.2) is 12.3 Å². The van der Waals surface area contributed by atoms with Gasteiger partial charge >= 0.3 is 0 Å². The van der Waals surface area contributed by atoms with Gasteiger partial charge in [-0.3, -0.25) is 5.43 Å². The monoisotopic (exact) mass is 223 g/mol. The minimum absolute atomic E-state index is 0.441. The molecule has 1 aliphatic rings. The van der Waals surface area contributed by atoms with Crippen LogP contribution < -0.4 is 16.2 Å². The van der Waals surface area contributed by atoms with Gasteiger partial charge in [0, 0.05) is 32.5 Å². The summed E-state index contributed by atoms with van der Waals surface area (Å²) in [5.41, 5.74) is 2.45. The SMILES string of the molecule is CN(c1ccnc(NN)n1)C1CCOCC1. The Hall–Kier alpha value is -1.40. The molecule has 2 heterocycles. The van der Waals surface area contributed by atoms with Crippen LogP contribution in [0, 0.1) is 0 Å². The first-order valence-corrected chi connectivity index (χ1v) is 5.41. The number of nitrogens with two attached hydrogens (primary N) is 1. The summed E-state index contributed by atoms with van der Waals surface area (Å²) in [5.74, 6) is 6.61. The van der Waals surface area contributed by atoms with Gasteiger partial charge in [0.1, 0.15) is 5.82 Å². The largest absolute Gasteiger partial charge is 0.381 e. The van der Waals surface area contributed by atoms with Crippen LogP contribution in [-0.4, -0.2) is 36.3 Å². The third kappa shape index (κ3) is 2.40. The zero-order valence-corrected chi connectivity index (χ0v) is 9.39. The maximum absolute atomic E-state index is 5.34. The van der Waals surface area contributed by atoms with Gasteiger partial charge in [0.2, 0.25) is 5.95 Å². The van der Waals surface area contributed by atoms with Crippen molar-refractivity contribution < 1.29 is 4.74 Å². The van der Waals surface area contributed by atoms with Crippen LogP contribution in [0.4, 0.5) is 11.8 Å². The van der Waals surface area contributed by atoms with Crippen molar-refractivity contribution in [3.63, 3.8) is 0 Å². The van der Waals surface area contributed by atoms with Crippen molar-refractivity contribution in [2.24, 2.45) is 5.84 Å². The van der Waals surface area contributed by atoms with Crippen molar-refractivity contribution in [3.05, 3.63) is 12.3 Å². The Bertz CT molecular complexity index is 340. The fourth-order valence-corrected chi connectivity index (χ4v) is 1.87. The molecule has 0 amide bonds. The molecule has 0 saturated carbocycles. The molecule has 0 unspecified atom stereocenters. The molecule has 1 aliphatic heterocycles. The number of rotatable bonds is 3. The number of hydrazine groups is 1. The van der Waals surface area contributed by atoms with E-state index in [-0.39, 0.29) is 0 Å². The Kier molecular flexibility index (Phi) is 3.53. The number of aromatic nitrogens is 2. The molecule has 0 radical (unpaired) electrons. The molecule has 1 aromatic heterocycles. The Morgan fingerprint density at radius 3 is 2.94 bits per heavy atom. The first-order chi connectivity index (χ1) is 7.81. The lowest BCUT2D eigenvalue weighted by Gasteiger charge is -2.32. The van der Waals surface area contributed by atoms with Crippen LogP contribution in [0.2, 0.25) is 0 Å². The minimum Gasteiger partial charge on any atom is -0.381 e. The van der Waals surface area contributed by atoms with Gasteiger partial charge in [0.25, 0.3) is 0 Å². The summed E-state index contributed by atoms with van der Waals surface area (Å²) in [6.07, 6.45) is 3.77. The van der Waals surface area contributed by atoms with Gasteiger partial charge in [0.05, 0.1) is 0 Å². The molecule has 1 saturated heterocycles. The van der Waals surface area contributed by atoms with E-state index in [9.17, 15) is 0 Å². The summed E-state index contributed by atoms with van der Waals surface area (Å²) >= 11 is 0. The Balaban J connectivity index is 2.09. The fraction of sp³-hybridized carbons (Fsp3) is 0.600. The second-order valence-electron chi connectivity index (χ2n) is 3.84. The minimum atomic E-state index is 0.441. The van der Waals surface area contributed by atoms with Crippen molar-refractivity contribution in [2.45, 2.75) is 18.9 Å². The summed E-state index contributed by atoms with van der Waals surface area (Å²) in [7, 11) is 2.04. The Morgan fingerprint density at radius 2 is 2.25 bits per heavy atom. The van der Waals surface area contributed by atoms with E-state index in [1.165, 1.54) is 0 Å². The van der Waals surface area contributed by atoms with E-state index in [0.717, 1.165) is 31.9 Å². The molecule has 0 spiro atoms. The third-order valence-corrected chi connectivity index (χ3v) is 2.87. The number of nitrogen functional groups attached to an aromatic ring is 1. The molecule has 0 aliphatic carbocycles. The average Bonchev–Trinajstić information content (AvgIpc) is 2.39. The number of anilines is 2. The lowest BCUT2D eigenvalue weighted by molar-refractivity contribution is 0.0853. The molecule has 6 heteroatoms. The van der Waals surface area contributed by atoms with Crippen LogP contribution in [0.3, 0.4) is 0 Å². The standard InChI is InChI=1S/C10H17N5O/c1-15(8-3-6-16-7-4-8)9-2-5-12-10(13-9)14-11/h2,5,8H,3-4,6-7,11H2,1H3,(H,12,13,14). The maximum Gasteiger partial charge on any atom is 0.239 e. The normalized spacial score (nSPS) is 17.1. The number of nitrogens with zero attached hydrogens (tertiary/aromatic N) is 3. The second kappa shape index (κ2) is 5.09. The van der Waals surface area contributed by atoms with Gasteiger partial charge in [-0.25, -0.2) is 10.8 Å². The molecule has 0 atom stereocenters. The van der Waals surface area contributed by atoms with Crippen LogP contribution in [-0.2, 0) is 4.74 Å². The van der Waals surface area contributed by atoms with Gasteiger partial charge in [-0.05, 0) is 18.9 Å². The van der Waals surface area contributed by atoms with Gasteiger partial charge in [-0.15, -0.1) is 0 Å². The van der Waals surface area contributed by atoms with Crippen LogP contribution in [0.1, 0.15) is 12.8 Å². The Labute approximate surface area is 94.8 Å². The highest BCUT2D eigenvalue weighted by Crippen LogP contribution is 2.19. The van der Waals surface area contributed by atoms with Crippen LogP contribution in [0.5, 0.6) is 0 Å². The first kappa shape index (κ1) is 11.1. The molecule has 1 aromatic rings. The van der Waals surface area contributed by atoms with Crippen molar-refractivity contribution in [2.75, 3.05) is 30.6 Å². The lowest BCUT2D eigenvalue weighted by atomic mass is 10.1. The molecular weight excluding hydrogens is 206 g/mol. The average molecular weight is 223 g/mol. The van der Waals surface area contributed by atoms with Crippen molar-refractivity contribution in [1.29, 1.82) is 0 Å². The van der Waals surface area contributed by atoms with Crippen LogP contribution >= 0.6 is 0 Å². The smallest absolute Gasteiger partial charge is 0.239 e. The Morgan fingerprint density at radius 1 is 1.50 bits per heavy atom. The quantitative estimate of drug-likeness (QED) is 0.570. The summed E-state index contributed by atoms with van der Waals surface area (Å²) < 4.78 is 5.34. The van der Waals surface area contributed by atoms with E-state index in [4.69, 9.17) is 10.6 Å². The number of nitrogens with one attached hydrogen (secondary N) is 1. The topological polar surface area (TPSA) is 76.3 Å². The zero-order chi connectivity index (χ0) is 11.4. The molecule has 6 nitrogen and oxygen atoms in total. The predicted octanol–water partition coefficient (Wildman–Crippen LogP) is 0.377. The first-order valence-electron chi connectivity index (χ1n) is 5.41. The summed E-state index contributed by atoms with van der Waals surface area (Å²) in [6, 6.07) is 2.37. The van der Waals surface area contributed by atoms with E-state index < -0.39 is 0 Å². The number of hydrogen-bond donors (Lipinski definition) is 2. The van der Waals surface area contributed by atoms with Gasteiger partial charge in [-0.2, -0.15) is 4.98 Å². The molecule has 88 valence electrons. The van der Waals surface area contributed by atoms with E-state index in [2.05, 4.69) is 20.3 Å². The van der Waals surface area contributed by atoms with Crippen molar-refractivity contribution in [3.8, 4) is 0 Å². The van der Waals surface area contributed by atoms with E-state index in [1.807, 2.05) is 13.1 Å². The maximum atomic E-state index is 5.34. The fourth-order valence-electron chi connectivity index (χ4n) is 1.87. The summed E-state index contributed by atoms with van der Waals surface area (Å²) in [4.78, 5) is 10.4. The van der Waals surface area contributed by atoms with Gasteiger partial charge in [0.15, 0.2) is 0 Å². The summed E-state index contributed by atoms with van der Waals surface area (Å²) in [6.45, 7) is 1.64. The number of hydrogen-bond acceptors (Lipinski definition) is 6. The highest BCUT2D eigenvalue weighted by atomic mass is 16.5. The van der Waals surface area contributed by atoms with Crippen LogP contribution in [0.25, 0.3) is 0 Å². The zero-order valence-electron chi connectivity index (χ0n) is 9.39. The highest BCUT2D eigenvalue weighted by Gasteiger charge is 2.19. The molecule has 2 rings (SSSR count). The van der Waals surface area contributed by atoms with Crippen molar-refractivity contribution >= 4 is 11.8 Å². The summed E-state index contributed by atoms with van der Waals surface area (Å²) in [5, 5.41) is 0. The van der Waals surface area contributed by atoms with E-state index in [0.29, 0.717) is 12.0 Å². The molecular formula is C10H17N5O. The third-order valence-electron chi connectivity index (χ3n) is 2.87. The van der Waals surface area contributed by atoms with Crippen molar-refractivity contribution in [1.82, 2.24) is 9.97 Å². The van der Waals surface area contributed by atoms with E-state index in [1.54, 1.807) is 6.20 Å². The van der Waals surface area contributed by atoms with E-state index >= 15 is 0 Å². The highest BCUT2D eigenvalue weighted by molar-refractivity contribution is 5.42. The van der Waals surface area contributed by atoms with Gasteiger partial charge < -0.3 is 9.64 Å². The number of ether oxygens (including phenoxy) is 1. The molecule has 0 bridgehead atoms. The molecule has 1 fully saturated rings. The molecule has 3 N–H and O–H groups in total. The molecule has 0 aromatic carbocycles. The molecule has 16 heavy (non-hydrogen) atoms. The van der Waals surface area contributed by atoms with Gasteiger partial charge in [-0.1, -0.05) is 0 Å². The lowest BCUT2D eigenvalue weighted by Crippen LogP contribution is -2.37.